The van der Waals surface area contributed by atoms with Crippen LogP contribution in [0.25, 0.3) is 11.3 Å². The van der Waals surface area contributed by atoms with Gasteiger partial charge >= 0.3 is 0 Å². The number of ketones is 1. The lowest BCUT2D eigenvalue weighted by Gasteiger charge is -2.45. The van der Waals surface area contributed by atoms with Gasteiger partial charge < -0.3 is 34.4 Å². The molecular weight excluding hydrogens is 864 g/mol. The van der Waals surface area contributed by atoms with Crippen LogP contribution in [0.4, 0.5) is 0 Å². The second-order valence-corrected chi connectivity index (χ2v) is 19.1. The van der Waals surface area contributed by atoms with Crippen LogP contribution in [0.5, 0.6) is 11.5 Å². The Balaban J connectivity index is 1.11. The fraction of sp³-hybridized carbons (Fsp3) is 0.392. The standard InChI is InChI=1S/C51H56Cl2N6O6/c1-56(2)30-47-54-27-45(57(47)3)35-12-18-41(19-13-35)65-46-24-39(53)17-11-36(46)28-59-29-40(61)23-37(31-60)49(63)55-51(26-33-9-15-38(52)16-10-33)21-6-22-58(32-51)50(64)44(25-48(59)62)43-20-14-34-7-4-5-8-42(34)43/h4-5,7-13,15-19,24,27,37,43-44,60H,6,14,20-23,25-26,28-32H2,1-3H3,(H,55,63)/t37-,43+,44-,51+/m0/s1. The molecule has 65 heavy (non-hydrogen) atoms. The molecule has 14 heteroatoms. The molecule has 2 saturated heterocycles. The molecule has 12 nitrogen and oxygen atoms in total. The monoisotopic (exact) mass is 918 g/mol. The lowest BCUT2D eigenvalue weighted by atomic mass is 9.79. The van der Waals surface area contributed by atoms with Gasteiger partial charge in [0, 0.05) is 60.7 Å². The Morgan fingerprint density at radius 3 is 2.43 bits per heavy atom. The Hall–Kier alpha value is -5.53. The first-order valence-corrected chi connectivity index (χ1v) is 23.1. The Morgan fingerprint density at radius 2 is 1.68 bits per heavy atom. The Labute approximate surface area is 390 Å². The number of imidazole rings is 1. The van der Waals surface area contributed by atoms with E-state index in [1.165, 1.54) is 4.90 Å². The number of benzene rings is 4. The number of amides is 3. The van der Waals surface area contributed by atoms with Gasteiger partial charge in [-0.1, -0.05) is 65.7 Å². The number of aromatic nitrogens is 2. The molecule has 1 aromatic heterocycles. The van der Waals surface area contributed by atoms with Crippen LogP contribution in [-0.4, -0.2) is 98.7 Å². The fourth-order valence-corrected chi connectivity index (χ4v) is 10.2. The lowest BCUT2D eigenvalue weighted by Crippen LogP contribution is -2.63. The summed E-state index contributed by atoms with van der Waals surface area (Å²) in [4.78, 5) is 68.4. The van der Waals surface area contributed by atoms with Crippen LogP contribution in [-0.2, 0) is 52.2 Å². The minimum atomic E-state index is -1.07. The number of fused-ring (bicyclic) bond motifs is 3. The number of piperidine rings is 1. The minimum Gasteiger partial charge on any atom is -0.457 e. The van der Waals surface area contributed by atoms with E-state index in [9.17, 15) is 19.5 Å². The van der Waals surface area contributed by atoms with Crippen LogP contribution in [0, 0.1) is 11.8 Å². The van der Waals surface area contributed by atoms with Crippen molar-refractivity contribution in [1.29, 1.82) is 0 Å². The summed E-state index contributed by atoms with van der Waals surface area (Å²) in [7, 11) is 5.99. The van der Waals surface area contributed by atoms with Crippen molar-refractivity contribution in [3.8, 4) is 22.8 Å². The molecule has 2 bridgehead atoms. The third-order valence-corrected chi connectivity index (χ3v) is 13.7. The summed E-state index contributed by atoms with van der Waals surface area (Å²) in [5.74, 6) is -1.55. The maximum atomic E-state index is 15.2. The number of carbonyl (C=O) groups excluding carboxylic acids is 4. The average molecular weight is 920 g/mol. The summed E-state index contributed by atoms with van der Waals surface area (Å²) in [6.45, 7) is 0.426. The third kappa shape index (κ3) is 10.6. The first kappa shape index (κ1) is 46.0. The van der Waals surface area contributed by atoms with E-state index < -0.39 is 35.7 Å². The van der Waals surface area contributed by atoms with E-state index in [2.05, 4.69) is 31.9 Å². The SMILES string of the molecule is CN(C)Cc1ncc(-c2ccc(Oc3cc(Cl)ccc3CN3CC(=O)C[C@@H](CO)C(=O)N[C@@]4(Cc5ccc(Cl)cc5)CCCN(C4)C(=O)[C@H]([C@@H]4CCc5ccccc54)CC3=O)cc2)n1C. The number of nitrogens with one attached hydrogen (secondary N) is 1. The number of hydrogen-bond donors (Lipinski definition) is 2. The van der Waals surface area contributed by atoms with Crippen molar-refractivity contribution in [3.05, 3.63) is 135 Å². The molecule has 3 heterocycles. The van der Waals surface area contributed by atoms with Gasteiger partial charge in [0.15, 0.2) is 5.78 Å². The molecule has 3 amide bonds. The number of ether oxygens (including phenoxy) is 1. The molecule has 0 unspecified atom stereocenters. The molecule has 4 atom stereocenters. The van der Waals surface area contributed by atoms with Crippen molar-refractivity contribution in [2.24, 2.45) is 18.9 Å². The molecule has 0 radical (unpaired) electrons. The summed E-state index contributed by atoms with van der Waals surface area (Å²) in [5, 5.41) is 14.8. The van der Waals surface area contributed by atoms with E-state index >= 15 is 4.79 Å². The van der Waals surface area contributed by atoms with Crippen molar-refractivity contribution < 1.29 is 29.0 Å². The predicted octanol–water partition coefficient (Wildman–Crippen LogP) is 7.61. The van der Waals surface area contributed by atoms with Gasteiger partial charge in [0.05, 0.1) is 49.0 Å². The highest BCUT2D eigenvalue weighted by atomic mass is 35.5. The number of aliphatic hydroxyl groups excluding tert-OH is 1. The Bertz CT molecular complexity index is 2540. The molecule has 0 spiro atoms. The number of hydrogen-bond acceptors (Lipinski definition) is 8. The maximum Gasteiger partial charge on any atom is 0.226 e. The van der Waals surface area contributed by atoms with E-state index in [1.54, 1.807) is 30.3 Å². The zero-order valence-electron chi connectivity index (χ0n) is 37.1. The number of nitrogens with zero attached hydrogens (tertiary/aromatic N) is 5. The smallest absolute Gasteiger partial charge is 0.226 e. The number of Topliss-reactive ketones (excluding diaryl/α,β-unsaturated/α-hetero) is 1. The van der Waals surface area contributed by atoms with Crippen LogP contribution in [0.15, 0.2) is 97.2 Å². The van der Waals surface area contributed by atoms with Crippen LogP contribution in [0.1, 0.15) is 66.1 Å². The molecule has 0 saturated carbocycles. The number of carbonyl (C=O) groups is 4. The van der Waals surface area contributed by atoms with E-state index in [4.69, 9.17) is 27.9 Å². The lowest BCUT2D eigenvalue weighted by molar-refractivity contribution is -0.146. The highest BCUT2D eigenvalue weighted by molar-refractivity contribution is 6.31. The highest BCUT2D eigenvalue weighted by Gasteiger charge is 2.45. The molecule has 2 fully saturated rings. The van der Waals surface area contributed by atoms with Crippen LogP contribution in [0.2, 0.25) is 10.0 Å². The largest absolute Gasteiger partial charge is 0.457 e. The summed E-state index contributed by atoms with van der Waals surface area (Å²) in [6, 6.07) is 28.3. The van der Waals surface area contributed by atoms with Gasteiger partial charge in [-0.2, -0.15) is 0 Å². The summed E-state index contributed by atoms with van der Waals surface area (Å²) in [6.07, 6.45) is 4.53. The minimum absolute atomic E-state index is 0.0368. The quantitative estimate of drug-likeness (QED) is 0.138. The van der Waals surface area contributed by atoms with Gasteiger partial charge in [0.2, 0.25) is 17.7 Å². The van der Waals surface area contributed by atoms with Gasteiger partial charge in [-0.15, -0.1) is 0 Å². The maximum absolute atomic E-state index is 15.2. The van der Waals surface area contributed by atoms with Gasteiger partial charge in [-0.3, -0.25) is 19.2 Å². The molecule has 5 aromatic rings. The van der Waals surface area contributed by atoms with Gasteiger partial charge in [-0.05, 0) is 117 Å². The first-order chi connectivity index (χ1) is 31.3. The van der Waals surface area contributed by atoms with E-state index in [0.717, 1.165) is 40.2 Å². The summed E-state index contributed by atoms with van der Waals surface area (Å²) in [5.41, 5.74) is 4.77. The second kappa shape index (κ2) is 19.9. The summed E-state index contributed by atoms with van der Waals surface area (Å²) < 4.78 is 8.52. The average Bonchev–Trinajstić information content (AvgIpc) is 3.88. The molecule has 1 aliphatic carbocycles. The molecule has 3 aliphatic rings. The fourth-order valence-electron chi connectivity index (χ4n) is 9.88. The zero-order valence-corrected chi connectivity index (χ0v) is 38.7. The van der Waals surface area contributed by atoms with E-state index in [1.807, 2.05) is 80.8 Å². The van der Waals surface area contributed by atoms with Crippen LogP contribution < -0.4 is 10.1 Å². The van der Waals surface area contributed by atoms with Crippen molar-refractivity contribution in [1.82, 2.24) is 29.6 Å². The molecule has 4 aromatic carbocycles. The van der Waals surface area contributed by atoms with Gasteiger partial charge in [0.1, 0.15) is 17.3 Å². The Kier molecular flexibility index (Phi) is 14.1. The number of aliphatic hydroxyl groups is 1. The molecule has 2 N–H and O–H groups in total. The third-order valence-electron chi connectivity index (χ3n) is 13.2. The van der Waals surface area contributed by atoms with Crippen molar-refractivity contribution in [2.75, 3.05) is 40.3 Å². The van der Waals surface area contributed by atoms with Crippen molar-refractivity contribution >= 4 is 46.7 Å². The highest BCUT2D eigenvalue weighted by Crippen LogP contribution is 2.42. The molecular formula is C51H56Cl2N6O6. The van der Waals surface area contributed by atoms with Crippen LogP contribution in [0.3, 0.4) is 0 Å². The Morgan fingerprint density at radius 1 is 0.923 bits per heavy atom. The number of rotatable bonds is 11. The van der Waals surface area contributed by atoms with Crippen LogP contribution >= 0.6 is 23.2 Å². The second-order valence-electron chi connectivity index (χ2n) is 18.2. The first-order valence-electron chi connectivity index (χ1n) is 22.3. The number of aryl methyl sites for hydroxylation is 1. The van der Waals surface area contributed by atoms with E-state index in [-0.39, 0.29) is 50.2 Å². The van der Waals surface area contributed by atoms with E-state index in [0.29, 0.717) is 65.9 Å². The zero-order chi connectivity index (χ0) is 45.8. The normalized spacial score (nSPS) is 21.9. The van der Waals surface area contributed by atoms with Crippen molar-refractivity contribution in [3.63, 3.8) is 0 Å². The number of halogens is 2. The topological polar surface area (TPSA) is 137 Å². The summed E-state index contributed by atoms with van der Waals surface area (Å²) >= 11 is 12.8. The van der Waals surface area contributed by atoms with Gasteiger partial charge in [0.25, 0.3) is 0 Å². The molecule has 340 valence electrons. The van der Waals surface area contributed by atoms with Crippen molar-refractivity contribution in [2.45, 2.75) is 69.5 Å². The molecule has 2 aliphatic heterocycles. The molecule has 8 rings (SSSR count). The predicted molar refractivity (Wildman–Crippen MR) is 251 cm³/mol. The van der Waals surface area contributed by atoms with Gasteiger partial charge in [-0.25, -0.2) is 4.98 Å².